The zero-order valence-electron chi connectivity index (χ0n) is 41.8. The van der Waals surface area contributed by atoms with Crippen molar-refractivity contribution in [1.29, 1.82) is 0 Å². The van der Waals surface area contributed by atoms with Crippen LogP contribution in [0.25, 0.3) is 11.6 Å². The topological polar surface area (TPSA) is 191 Å². The van der Waals surface area contributed by atoms with Gasteiger partial charge >= 0.3 is 0 Å². The highest BCUT2D eigenvalue weighted by molar-refractivity contribution is 9.11. The van der Waals surface area contributed by atoms with E-state index in [1.54, 1.807) is 48.5 Å². The molecule has 21 heteroatoms. The predicted molar refractivity (Wildman–Crippen MR) is 308 cm³/mol. The van der Waals surface area contributed by atoms with Crippen LogP contribution in [0.4, 0.5) is 11.4 Å². The number of sulfonamides is 2. The Hall–Kier alpha value is -4.19. The van der Waals surface area contributed by atoms with Gasteiger partial charge in [0, 0.05) is 51.0 Å². The minimum absolute atomic E-state index is 0.000489. The zero-order chi connectivity index (χ0) is 53.7. The molecule has 0 spiro atoms. The van der Waals surface area contributed by atoms with Gasteiger partial charge in [0.1, 0.15) is 17.3 Å². The molecule has 2 fully saturated rings. The molecule has 8 rings (SSSR count). The number of amides is 2. The van der Waals surface area contributed by atoms with Gasteiger partial charge in [-0.05, 0) is 178 Å². The standard InChI is InChI=1S/C55H61Br3ClN5O10S2/c56-43-12-16-50-46(34-43)47(55(66)62-50)30-41-31-48(57)53(49(58)32-41)74-28-27-73-26-25-72-24-23-71-22-21-61-54(65)42-10-5-39(6-11-42)36-75(67,68)63-51-15-9-40(29-37-17-19-60-20-18-37)33-52(51)76(69,70)64(45-3-1-2-4-45)35-38-7-13-44(59)14-8-38/h5-16,30-34,37,45,60,63H,1-4,17-29,35-36H2,(H,61,65)(H,62,66)/b47-30-. The highest BCUT2D eigenvalue weighted by Gasteiger charge is 2.36. The molecule has 76 heavy (non-hydrogen) atoms. The van der Waals surface area contributed by atoms with Gasteiger partial charge < -0.3 is 34.9 Å². The fourth-order valence-electron chi connectivity index (χ4n) is 9.44. The van der Waals surface area contributed by atoms with E-state index < -0.39 is 25.8 Å². The van der Waals surface area contributed by atoms with Crippen LogP contribution in [-0.2, 0) is 57.8 Å². The van der Waals surface area contributed by atoms with Gasteiger partial charge in [0.2, 0.25) is 20.0 Å². The number of carbonyl (C=O) groups excluding carboxylic acids is 2. The van der Waals surface area contributed by atoms with Crippen LogP contribution in [0.1, 0.15) is 76.7 Å². The first-order valence-electron chi connectivity index (χ1n) is 25.3. The van der Waals surface area contributed by atoms with Crippen LogP contribution in [0, 0.1) is 5.92 Å². The average molecular weight is 1290 g/mol. The van der Waals surface area contributed by atoms with Crippen molar-refractivity contribution in [3.8, 4) is 5.75 Å². The second kappa shape index (κ2) is 27.6. The molecule has 0 bridgehead atoms. The van der Waals surface area contributed by atoms with Crippen LogP contribution < -0.4 is 25.4 Å². The molecule has 1 aliphatic carbocycles. The number of halogens is 4. The summed E-state index contributed by atoms with van der Waals surface area (Å²) < 4.78 is 86.8. The Morgan fingerprint density at radius 2 is 1.37 bits per heavy atom. The summed E-state index contributed by atoms with van der Waals surface area (Å²) in [4.78, 5) is 25.5. The Morgan fingerprint density at radius 3 is 2.05 bits per heavy atom. The highest BCUT2D eigenvalue weighted by Crippen LogP contribution is 2.40. The SMILES string of the molecule is O=C1Nc2ccc(Br)cc2/C1=C/c1cc(Br)c(OCCOCCOCCOCCNC(=O)c2ccc(CS(=O)(=O)Nc3ccc(CC4CCNCC4)cc3S(=O)(=O)N(Cc3ccc(Cl)cc3)C3CCCC3)cc2)c(Br)c1. The molecule has 0 atom stereocenters. The number of nitrogens with zero attached hydrogens (tertiary/aromatic N) is 1. The lowest BCUT2D eigenvalue weighted by molar-refractivity contribution is -0.110. The molecule has 2 heterocycles. The van der Waals surface area contributed by atoms with Gasteiger partial charge in [0.05, 0.1) is 60.0 Å². The van der Waals surface area contributed by atoms with E-state index in [0.717, 1.165) is 80.1 Å². The molecular formula is C55H61Br3ClN5O10S2. The Kier molecular flexibility index (Phi) is 21.1. The minimum Gasteiger partial charge on any atom is -0.489 e. The zero-order valence-corrected chi connectivity index (χ0v) is 48.9. The fraction of sp³-hybridized carbons (Fsp3) is 0.382. The summed E-state index contributed by atoms with van der Waals surface area (Å²) in [6, 6.07) is 27.6. The van der Waals surface area contributed by atoms with E-state index in [1.165, 1.54) is 4.31 Å². The highest BCUT2D eigenvalue weighted by atomic mass is 79.9. The number of hydrogen-bond acceptors (Lipinski definition) is 11. The van der Waals surface area contributed by atoms with Crippen molar-refractivity contribution in [1.82, 2.24) is 14.9 Å². The van der Waals surface area contributed by atoms with E-state index in [0.29, 0.717) is 92.3 Å². The van der Waals surface area contributed by atoms with Gasteiger partial charge in [0.25, 0.3) is 11.8 Å². The Balaban J connectivity index is 0.746. The Morgan fingerprint density at radius 1 is 0.737 bits per heavy atom. The third kappa shape index (κ3) is 16.2. The Bertz CT molecular complexity index is 3060. The number of fused-ring (bicyclic) bond motifs is 1. The molecule has 2 aliphatic heterocycles. The van der Waals surface area contributed by atoms with Gasteiger partial charge in [-0.15, -0.1) is 0 Å². The van der Waals surface area contributed by atoms with Gasteiger partial charge in [0.15, 0.2) is 0 Å². The second-order valence-electron chi connectivity index (χ2n) is 18.9. The minimum atomic E-state index is -4.20. The Labute approximate surface area is 475 Å². The molecule has 2 amide bonds. The lowest BCUT2D eigenvalue weighted by Crippen LogP contribution is -2.38. The number of hydrogen-bond donors (Lipinski definition) is 4. The summed E-state index contributed by atoms with van der Waals surface area (Å²) in [6.07, 6.45) is 7.72. The monoisotopic (exact) mass is 1290 g/mol. The van der Waals surface area contributed by atoms with E-state index in [-0.39, 0.29) is 48.1 Å². The third-order valence-electron chi connectivity index (χ3n) is 13.3. The van der Waals surface area contributed by atoms with Gasteiger partial charge in [-0.25, -0.2) is 16.8 Å². The van der Waals surface area contributed by atoms with Gasteiger partial charge in [-0.2, -0.15) is 4.31 Å². The van der Waals surface area contributed by atoms with Crippen LogP contribution >= 0.6 is 59.4 Å². The summed E-state index contributed by atoms with van der Waals surface area (Å²) in [7, 11) is -8.32. The summed E-state index contributed by atoms with van der Waals surface area (Å²) >= 11 is 16.8. The normalized spacial score (nSPS) is 15.8. The first-order valence-corrected chi connectivity index (χ1v) is 31.1. The van der Waals surface area contributed by atoms with E-state index in [4.69, 9.17) is 30.5 Å². The smallest absolute Gasteiger partial charge is 0.256 e. The quantitative estimate of drug-likeness (QED) is 0.0304. The molecule has 5 aromatic rings. The number of nitrogens with one attached hydrogen (secondary N) is 4. The average Bonchev–Trinajstić information content (AvgIpc) is 4.04. The van der Waals surface area contributed by atoms with Crippen molar-refractivity contribution in [3.63, 3.8) is 0 Å². The number of benzene rings is 5. The first kappa shape index (κ1) is 58.0. The molecule has 0 unspecified atom stereocenters. The molecule has 5 aromatic carbocycles. The molecule has 15 nitrogen and oxygen atoms in total. The lowest BCUT2D eigenvalue weighted by Gasteiger charge is -2.30. The number of carbonyl (C=O) groups is 2. The van der Waals surface area contributed by atoms with Crippen LogP contribution in [0.15, 0.2) is 115 Å². The van der Waals surface area contributed by atoms with Crippen LogP contribution in [0.3, 0.4) is 0 Å². The second-order valence-corrected chi connectivity index (χ2v) is 25.5. The summed E-state index contributed by atoms with van der Waals surface area (Å²) in [5.41, 5.74) is 5.39. The van der Waals surface area contributed by atoms with Crippen molar-refractivity contribution in [2.45, 2.75) is 68.2 Å². The van der Waals surface area contributed by atoms with Gasteiger partial charge in [-0.3, -0.25) is 14.3 Å². The van der Waals surface area contributed by atoms with Crippen LogP contribution in [0.2, 0.25) is 5.02 Å². The molecule has 4 N–H and O–H groups in total. The van der Waals surface area contributed by atoms with Crippen molar-refractivity contribution >= 4 is 114 Å². The molecule has 1 saturated heterocycles. The van der Waals surface area contributed by atoms with Crippen LogP contribution in [0.5, 0.6) is 5.75 Å². The summed E-state index contributed by atoms with van der Waals surface area (Å²) in [5, 5.41) is 9.63. The predicted octanol–water partition coefficient (Wildman–Crippen LogP) is 10.6. The number of piperidine rings is 1. The molecule has 406 valence electrons. The lowest BCUT2D eigenvalue weighted by atomic mass is 9.91. The van der Waals surface area contributed by atoms with Gasteiger partial charge in [-0.1, -0.05) is 70.7 Å². The van der Waals surface area contributed by atoms with Crippen molar-refractivity contribution < 1.29 is 45.4 Å². The third-order valence-corrected chi connectivity index (χ3v) is 18.4. The van der Waals surface area contributed by atoms with Crippen molar-refractivity contribution in [3.05, 3.63) is 149 Å². The molecule has 0 radical (unpaired) electrons. The van der Waals surface area contributed by atoms with E-state index in [2.05, 4.69) is 68.5 Å². The maximum Gasteiger partial charge on any atom is 0.256 e. The van der Waals surface area contributed by atoms with E-state index in [1.807, 2.05) is 54.6 Å². The largest absolute Gasteiger partial charge is 0.489 e. The van der Waals surface area contributed by atoms with E-state index in [9.17, 15) is 26.4 Å². The fourth-order valence-corrected chi connectivity index (χ4v) is 14.5. The molecule has 3 aliphatic rings. The number of rotatable bonds is 26. The molecule has 0 aromatic heterocycles. The maximum absolute atomic E-state index is 14.9. The van der Waals surface area contributed by atoms with Crippen molar-refractivity contribution in [2.75, 3.05) is 75.9 Å². The summed E-state index contributed by atoms with van der Waals surface area (Å²) in [6.45, 7) is 4.45. The molecule has 1 saturated carbocycles. The molecular weight excluding hydrogens is 1230 g/mol. The number of ether oxygens (including phenoxy) is 4. The summed E-state index contributed by atoms with van der Waals surface area (Å²) in [5.74, 6) is 0.0532. The first-order chi connectivity index (χ1) is 36.6. The van der Waals surface area contributed by atoms with E-state index >= 15 is 0 Å². The maximum atomic E-state index is 14.9. The van der Waals surface area contributed by atoms with Crippen LogP contribution in [-0.4, -0.2) is 105 Å². The van der Waals surface area contributed by atoms with Crippen molar-refractivity contribution in [2.24, 2.45) is 5.92 Å². The number of anilines is 2.